The van der Waals surface area contributed by atoms with Gasteiger partial charge in [-0.15, -0.1) is 0 Å². The molecule has 1 aliphatic carbocycles. The van der Waals surface area contributed by atoms with E-state index in [9.17, 15) is 9.90 Å². The van der Waals surface area contributed by atoms with E-state index in [0.29, 0.717) is 0 Å². The minimum absolute atomic E-state index is 0.00924. The normalized spacial score (nSPS) is 34.3. The number of rotatable bonds is 3. The van der Waals surface area contributed by atoms with Crippen LogP contribution in [-0.2, 0) is 4.79 Å². The number of hydrogen-bond donors (Lipinski definition) is 3. The monoisotopic (exact) mass is 240 g/mol. The van der Waals surface area contributed by atoms with Gasteiger partial charge in [0.05, 0.1) is 6.04 Å². The maximum atomic E-state index is 12.1. The molecule has 2 fully saturated rings. The fraction of sp³-hybridized carbons (Fsp3) is 0.923. The maximum absolute atomic E-state index is 12.1. The molecule has 1 aliphatic heterocycles. The SMILES string of the molecule is O=C(NC1CCCCC1CO)[C@@H]1CCCCN1. The fourth-order valence-electron chi connectivity index (χ4n) is 2.98. The molecule has 4 heteroatoms. The van der Waals surface area contributed by atoms with Crippen LogP contribution in [0.5, 0.6) is 0 Å². The predicted octanol–water partition coefficient (Wildman–Crippen LogP) is 0.796. The summed E-state index contributed by atoms with van der Waals surface area (Å²) < 4.78 is 0. The molecule has 0 bridgehead atoms. The minimum atomic E-state index is -0.00924. The quantitative estimate of drug-likeness (QED) is 0.683. The van der Waals surface area contributed by atoms with Gasteiger partial charge in [-0.25, -0.2) is 0 Å². The molecule has 1 saturated carbocycles. The highest BCUT2D eigenvalue weighted by Crippen LogP contribution is 2.24. The number of nitrogens with one attached hydrogen (secondary N) is 2. The molecule has 3 N–H and O–H groups in total. The van der Waals surface area contributed by atoms with Crippen LogP contribution < -0.4 is 10.6 Å². The predicted molar refractivity (Wildman–Crippen MR) is 66.6 cm³/mol. The fourth-order valence-corrected chi connectivity index (χ4v) is 2.98. The molecule has 0 aromatic heterocycles. The van der Waals surface area contributed by atoms with Gasteiger partial charge in [0.25, 0.3) is 0 Å². The number of carbonyl (C=O) groups is 1. The highest BCUT2D eigenvalue weighted by molar-refractivity contribution is 5.82. The van der Waals surface area contributed by atoms with Gasteiger partial charge in [0.15, 0.2) is 0 Å². The van der Waals surface area contributed by atoms with E-state index in [-0.39, 0.29) is 30.5 Å². The summed E-state index contributed by atoms with van der Waals surface area (Å²) in [6.45, 7) is 1.15. The van der Waals surface area contributed by atoms with Crippen LogP contribution in [0.2, 0.25) is 0 Å². The molecule has 0 radical (unpaired) electrons. The van der Waals surface area contributed by atoms with Crippen molar-refractivity contribution in [2.75, 3.05) is 13.2 Å². The number of carbonyl (C=O) groups excluding carboxylic acids is 1. The van der Waals surface area contributed by atoms with E-state index in [4.69, 9.17) is 0 Å². The Balaban J connectivity index is 1.83. The van der Waals surface area contributed by atoms with Crippen LogP contribution in [0, 0.1) is 5.92 Å². The summed E-state index contributed by atoms with van der Waals surface area (Å²) in [5, 5.41) is 15.7. The third-order valence-corrected chi connectivity index (χ3v) is 4.10. The molecular weight excluding hydrogens is 216 g/mol. The topological polar surface area (TPSA) is 61.4 Å². The van der Waals surface area contributed by atoms with Gasteiger partial charge in [-0.3, -0.25) is 4.79 Å². The third-order valence-electron chi connectivity index (χ3n) is 4.10. The third kappa shape index (κ3) is 3.42. The van der Waals surface area contributed by atoms with Gasteiger partial charge in [0, 0.05) is 18.6 Å². The molecule has 0 spiro atoms. The van der Waals surface area contributed by atoms with Crippen molar-refractivity contribution in [3.63, 3.8) is 0 Å². The molecule has 2 unspecified atom stereocenters. The first-order valence-corrected chi connectivity index (χ1v) is 6.96. The Morgan fingerprint density at radius 2 is 1.94 bits per heavy atom. The minimum Gasteiger partial charge on any atom is -0.396 e. The van der Waals surface area contributed by atoms with Gasteiger partial charge in [-0.1, -0.05) is 19.3 Å². The van der Waals surface area contributed by atoms with E-state index in [1.165, 1.54) is 19.3 Å². The Morgan fingerprint density at radius 3 is 2.65 bits per heavy atom. The molecule has 98 valence electrons. The lowest BCUT2D eigenvalue weighted by Gasteiger charge is -2.33. The second kappa shape index (κ2) is 6.36. The van der Waals surface area contributed by atoms with E-state index in [2.05, 4.69) is 10.6 Å². The van der Waals surface area contributed by atoms with Crippen LogP contribution in [0.4, 0.5) is 0 Å². The maximum Gasteiger partial charge on any atom is 0.237 e. The number of piperidine rings is 1. The molecule has 0 aromatic rings. The van der Waals surface area contributed by atoms with Crippen molar-refractivity contribution in [2.24, 2.45) is 5.92 Å². The number of hydrogen-bond acceptors (Lipinski definition) is 3. The van der Waals surface area contributed by atoms with E-state index in [1.807, 2.05) is 0 Å². The van der Waals surface area contributed by atoms with Crippen LogP contribution >= 0.6 is 0 Å². The molecule has 2 aliphatic rings. The highest BCUT2D eigenvalue weighted by Gasteiger charge is 2.28. The molecular formula is C13H24N2O2. The second-order valence-electron chi connectivity index (χ2n) is 5.34. The van der Waals surface area contributed by atoms with Gasteiger partial charge in [-0.05, 0) is 32.2 Å². The van der Waals surface area contributed by atoms with Gasteiger partial charge in [0.1, 0.15) is 0 Å². The Kier molecular flexibility index (Phi) is 4.80. The lowest BCUT2D eigenvalue weighted by molar-refractivity contribution is -0.125. The van der Waals surface area contributed by atoms with Crippen LogP contribution in [0.1, 0.15) is 44.9 Å². The summed E-state index contributed by atoms with van der Waals surface area (Å²) >= 11 is 0. The average molecular weight is 240 g/mol. The summed E-state index contributed by atoms with van der Waals surface area (Å²) in [4.78, 5) is 12.1. The van der Waals surface area contributed by atoms with E-state index < -0.39 is 0 Å². The van der Waals surface area contributed by atoms with Crippen molar-refractivity contribution in [3.05, 3.63) is 0 Å². The van der Waals surface area contributed by atoms with Crippen LogP contribution in [0.15, 0.2) is 0 Å². The zero-order valence-electron chi connectivity index (χ0n) is 10.5. The summed E-state index contributed by atoms with van der Waals surface area (Å²) in [5.41, 5.74) is 0. The van der Waals surface area contributed by atoms with Crippen molar-refractivity contribution in [3.8, 4) is 0 Å². The summed E-state index contributed by atoms with van der Waals surface area (Å²) in [5.74, 6) is 0.395. The second-order valence-corrected chi connectivity index (χ2v) is 5.34. The average Bonchev–Trinajstić information content (AvgIpc) is 2.40. The first-order valence-electron chi connectivity index (χ1n) is 6.96. The standard InChI is InChI=1S/C13H24N2O2/c16-9-10-5-1-2-6-11(10)15-13(17)12-7-3-4-8-14-12/h10-12,14,16H,1-9H2,(H,15,17)/t10?,11?,12-/m0/s1. The smallest absolute Gasteiger partial charge is 0.237 e. The summed E-state index contributed by atoms with van der Waals surface area (Å²) in [7, 11) is 0. The van der Waals surface area contributed by atoms with Crippen molar-refractivity contribution in [2.45, 2.75) is 57.0 Å². The molecule has 1 saturated heterocycles. The zero-order chi connectivity index (χ0) is 12.1. The van der Waals surface area contributed by atoms with E-state index in [1.54, 1.807) is 0 Å². The van der Waals surface area contributed by atoms with Crippen LogP contribution in [0.3, 0.4) is 0 Å². The van der Waals surface area contributed by atoms with Gasteiger partial charge in [0.2, 0.25) is 5.91 Å². The number of amides is 1. The molecule has 17 heavy (non-hydrogen) atoms. The Labute approximate surface area is 103 Å². The molecule has 4 nitrogen and oxygen atoms in total. The first-order chi connectivity index (χ1) is 8.31. The largest absolute Gasteiger partial charge is 0.396 e. The number of aliphatic hydroxyl groups excluding tert-OH is 1. The van der Waals surface area contributed by atoms with Crippen molar-refractivity contribution in [1.82, 2.24) is 10.6 Å². The Bertz CT molecular complexity index is 252. The zero-order valence-corrected chi connectivity index (χ0v) is 10.5. The lowest BCUT2D eigenvalue weighted by Crippen LogP contribution is -2.52. The van der Waals surface area contributed by atoms with Crippen LogP contribution in [0.25, 0.3) is 0 Å². The Morgan fingerprint density at radius 1 is 1.18 bits per heavy atom. The molecule has 1 amide bonds. The van der Waals surface area contributed by atoms with Crippen molar-refractivity contribution in [1.29, 1.82) is 0 Å². The summed E-state index contributed by atoms with van der Waals surface area (Å²) in [6, 6.07) is 0.176. The Hall–Kier alpha value is -0.610. The molecule has 3 atom stereocenters. The molecule has 2 rings (SSSR count). The van der Waals surface area contributed by atoms with Gasteiger partial charge < -0.3 is 15.7 Å². The first kappa shape index (κ1) is 12.8. The molecule has 0 aromatic carbocycles. The van der Waals surface area contributed by atoms with Crippen molar-refractivity contribution >= 4 is 5.91 Å². The summed E-state index contributed by atoms with van der Waals surface area (Å²) in [6.07, 6.45) is 7.66. The van der Waals surface area contributed by atoms with E-state index in [0.717, 1.165) is 32.2 Å². The van der Waals surface area contributed by atoms with Gasteiger partial charge >= 0.3 is 0 Å². The van der Waals surface area contributed by atoms with Crippen molar-refractivity contribution < 1.29 is 9.90 Å². The van der Waals surface area contributed by atoms with Gasteiger partial charge in [-0.2, -0.15) is 0 Å². The lowest BCUT2D eigenvalue weighted by atomic mass is 9.85. The van der Waals surface area contributed by atoms with Crippen LogP contribution in [-0.4, -0.2) is 36.2 Å². The molecule has 1 heterocycles. The highest BCUT2D eigenvalue weighted by atomic mass is 16.3. The number of aliphatic hydroxyl groups is 1. The van der Waals surface area contributed by atoms with E-state index >= 15 is 0 Å².